The Bertz CT molecular complexity index is 1060. The summed E-state index contributed by atoms with van der Waals surface area (Å²) in [6, 6.07) is 7.71. The van der Waals surface area contributed by atoms with Crippen molar-refractivity contribution in [2.45, 2.75) is 43.9 Å². The molecular formula is C24H30N4O7S. The molecule has 2 aromatic carbocycles. The van der Waals surface area contributed by atoms with E-state index in [0.29, 0.717) is 11.1 Å². The lowest BCUT2D eigenvalue weighted by atomic mass is 10.0. The van der Waals surface area contributed by atoms with Gasteiger partial charge in [0.2, 0.25) is 17.7 Å². The summed E-state index contributed by atoms with van der Waals surface area (Å²) in [5, 5.41) is 35.3. The van der Waals surface area contributed by atoms with E-state index >= 15 is 0 Å². The summed E-state index contributed by atoms with van der Waals surface area (Å²) in [4.78, 5) is 49.3. The average Bonchev–Trinajstić information content (AvgIpc) is 2.84. The van der Waals surface area contributed by atoms with E-state index in [-0.39, 0.29) is 30.1 Å². The first-order valence-corrected chi connectivity index (χ1v) is 11.7. The zero-order valence-corrected chi connectivity index (χ0v) is 20.4. The van der Waals surface area contributed by atoms with Gasteiger partial charge in [-0.05, 0) is 48.7 Å². The summed E-state index contributed by atoms with van der Waals surface area (Å²) in [5.74, 6) is -3.33. The van der Waals surface area contributed by atoms with Gasteiger partial charge in [-0.3, -0.25) is 19.2 Å². The Kier molecular flexibility index (Phi) is 10.6. The number of hydrogen-bond acceptors (Lipinski definition) is 8. The fraction of sp³-hybridized carbons (Fsp3) is 0.333. The van der Waals surface area contributed by atoms with Crippen LogP contribution in [0.4, 0.5) is 0 Å². The largest absolute Gasteiger partial charge is 0.508 e. The van der Waals surface area contributed by atoms with E-state index in [1.807, 2.05) is 0 Å². The van der Waals surface area contributed by atoms with E-state index in [4.69, 9.17) is 10.8 Å². The topological polar surface area (TPSA) is 191 Å². The van der Waals surface area contributed by atoms with Crippen molar-refractivity contribution < 1.29 is 34.5 Å². The molecule has 2 rings (SSSR count). The number of rotatable bonds is 12. The number of nitrogens with one attached hydrogen (secondary N) is 3. The quantitative estimate of drug-likeness (QED) is 0.176. The summed E-state index contributed by atoms with van der Waals surface area (Å²) < 4.78 is 0. The third-order valence-corrected chi connectivity index (χ3v) is 5.65. The number of amides is 3. The zero-order chi connectivity index (χ0) is 26.8. The predicted octanol–water partition coefficient (Wildman–Crippen LogP) is -0.301. The number of thiol groups is 1. The van der Waals surface area contributed by atoms with Gasteiger partial charge < -0.3 is 37.0 Å². The minimum absolute atomic E-state index is 0.0240. The van der Waals surface area contributed by atoms with Crippen LogP contribution in [0.5, 0.6) is 11.5 Å². The summed E-state index contributed by atoms with van der Waals surface area (Å²) in [6.45, 7) is 1.28. The van der Waals surface area contributed by atoms with Crippen molar-refractivity contribution in [3.63, 3.8) is 0 Å². The van der Waals surface area contributed by atoms with Crippen LogP contribution < -0.4 is 21.7 Å². The second-order valence-corrected chi connectivity index (χ2v) is 8.59. The van der Waals surface area contributed by atoms with Crippen LogP contribution in [-0.4, -0.2) is 68.9 Å². The average molecular weight is 519 g/mol. The first kappa shape index (κ1) is 28.5. The molecule has 0 aromatic heterocycles. The van der Waals surface area contributed by atoms with Crippen LogP contribution in [0, 0.1) is 0 Å². The van der Waals surface area contributed by atoms with Crippen molar-refractivity contribution in [2.75, 3.05) is 5.75 Å². The number of hydrogen-bond donors (Lipinski definition) is 8. The lowest BCUT2D eigenvalue weighted by Gasteiger charge is -2.24. The molecule has 0 aliphatic heterocycles. The Morgan fingerprint density at radius 3 is 1.69 bits per heavy atom. The maximum Gasteiger partial charge on any atom is 0.325 e. The summed E-state index contributed by atoms with van der Waals surface area (Å²) in [6.07, 6.45) is 0.171. The zero-order valence-electron chi connectivity index (χ0n) is 19.5. The molecule has 0 aliphatic rings. The molecule has 0 saturated carbocycles. The number of carboxylic acid groups (broad SMARTS) is 1. The van der Waals surface area contributed by atoms with Gasteiger partial charge in [-0.15, -0.1) is 0 Å². The van der Waals surface area contributed by atoms with Crippen LogP contribution in [0.2, 0.25) is 0 Å². The molecule has 0 bridgehead atoms. The normalized spacial score (nSPS) is 14.1. The third-order valence-electron chi connectivity index (χ3n) is 5.28. The summed E-state index contributed by atoms with van der Waals surface area (Å²) in [5.41, 5.74) is 7.36. The molecule has 2 aromatic rings. The minimum atomic E-state index is -1.24. The molecule has 4 unspecified atom stereocenters. The lowest BCUT2D eigenvalue weighted by Crippen LogP contribution is -2.58. The smallest absolute Gasteiger partial charge is 0.325 e. The van der Waals surface area contributed by atoms with Gasteiger partial charge in [0, 0.05) is 12.2 Å². The molecule has 4 atom stereocenters. The van der Waals surface area contributed by atoms with Crippen molar-refractivity contribution >= 4 is 36.3 Å². The number of carbonyl (C=O) groups excluding carboxylic acids is 3. The number of phenols is 2. The van der Waals surface area contributed by atoms with Gasteiger partial charge in [0.05, 0.1) is 6.04 Å². The van der Waals surface area contributed by atoms with E-state index in [1.54, 1.807) is 24.3 Å². The van der Waals surface area contributed by atoms with Crippen molar-refractivity contribution in [2.24, 2.45) is 5.73 Å². The molecule has 8 N–H and O–H groups in total. The van der Waals surface area contributed by atoms with Gasteiger partial charge in [0.15, 0.2) is 0 Å². The number of phenolic OH excluding ortho intramolecular Hbond substituents is 2. The number of benzene rings is 2. The number of nitrogens with two attached hydrogens (primary N) is 1. The number of aromatic hydroxyl groups is 2. The van der Waals surface area contributed by atoms with Gasteiger partial charge in [0.25, 0.3) is 0 Å². The van der Waals surface area contributed by atoms with Gasteiger partial charge in [0.1, 0.15) is 29.6 Å². The van der Waals surface area contributed by atoms with Crippen molar-refractivity contribution in [1.29, 1.82) is 0 Å². The van der Waals surface area contributed by atoms with E-state index in [0.717, 1.165) is 0 Å². The summed E-state index contributed by atoms with van der Waals surface area (Å²) >= 11 is 4.07. The SMILES string of the molecule is CC(NC(=O)C(CS)NC(=O)C(Cc1ccc(O)cc1)NC(=O)C(N)Cc1ccc(O)cc1)C(=O)O. The second-order valence-electron chi connectivity index (χ2n) is 8.22. The van der Waals surface area contributed by atoms with Crippen LogP contribution in [0.25, 0.3) is 0 Å². The number of carboxylic acids is 1. The van der Waals surface area contributed by atoms with Crippen molar-refractivity contribution in [3.8, 4) is 11.5 Å². The van der Waals surface area contributed by atoms with Crippen molar-refractivity contribution in [3.05, 3.63) is 59.7 Å². The highest BCUT2D eigenvalue weighted by molar-refractivity contribution is 7.80. The Labute approximate surface area is 213 Å². The standard InChI is InChI=1S/C24H30N4O7S/c1-13(24(34)35)26-23(33)20(12-36)28-22(32)19(11-15-4-8-17(30)9-5-15)27-21(31)18(25)10-14-2-6-16(29)7-3-14/h2-9,13,18-20,29-30,36H,10-12,25H2,1H3,(H,26,33)(H,27,31)(H,28,32)(H,34,35). The molecule has 11 nitrogen and oxygen atoms in total. The Morgan fingerprint density at radius 2 is 1.22 bits per heavy atom. The van der Waals surface area contributed by atoms with Crippen LogP contribution in [-0.2, 0) is 32.0 Å². The molecule has 194 valence electrons. The maximum atomic E-state index is 13.1. The van der Waals surface area contributed by atoms with Crippen LogP contribution in [0.1, 0.15) is 18.1 Å². The molecule has 36 heavy (non-hydrogen) atoms. The summed E-state index contributed by atoms with van der Waals surface area (Å²) in [7, 11) is 0. The molecular weight excluding hydrogens is 488 g/mol. The van der Waals surface area contributed by atoms with Gasteiger partial charge in [-0.1, -0.05) is 24.3 Å². The lowest BCUT2D eigenvalue weighted by molar-refractivity contribution is -0.141. The van der Waals surface area contributed by atoms with E-state index in [9.17, 15) is 29.4 Å². The van der Waals surface area contributed by atoms with Gasteiger partial charge in [-0.2, -0.15) is 12.6 Å². The molecule has 0 aliphatic carbocycles. The van der Waals surface area contributed by atoms with Crippen LogP contribution in [0.3, 0.4) is 0 Å². The van der Waals surface area contributed by atoms with Crippen LogP contribution in [0.15, 0.2) is 48.5 Å². The molecule has 12 heteroatoms. The molecule has 3 amide bonds. The maximum absolute atomic E-state index is 13.1. The van der Waals surface area contributed by atoms with Gasteiger partial charge in [-0.25, -0.2) is 0 Å². The fourth-order valence-electron chi connectivity index (χ4n) is 3.18. The number of carbonyl (C=O) groups is 4. The number of aliphatic carboxylic acids is 1. The first-order valence-electron chi connectivity index (χ1n) is 11.1. The van der Waals surface area contributed by atoms with Crippen LogP contribution >= 0.6 is 12.6 Å². The predicted molar refractivity (Wildman–Crippen MR) is 135 cm³/mol. The minimum Gasteiger partial charge on any atom is -0.508 e. The Morgan fingerprint density at radius 1 is 0.778 bits per heavy atom. The molecule has 0 heterocycles. The highest BCUT2D eigenvalue weighted by Crippen LogP contribution is 2.13. The van der Waals surface area contributed by atoms with E-state index in [2.05, 4.69) is 28.6 Å². The van der Waals surface area contributed by atoms with Gasteiger partial charge >= 0.3 is 5.97 Å². The third kappa shape index (κ3) is 8.78. The molecule has 0 fully saturated rings. The van der Waals surface area contributed by atoms with Crippen molar-refractivity contribution in [1.82, 2.24) is 16.0 Å². The monoisotopic (exact) mass is 518 g/mol. The van der Waals surface area contributed by atoms with E-state index < -0.39 is 47.9 Å². The Balaban J connectivity index is 2.15. The fourth-order valence-corrected chi connectivity index (χ4v) is 3.43. The second kappa shape index (κ2) is 13.4. The highest BCUT2D eigenvalue weighted by atomic mass is 32.1. The first-order chi connectivity index (χ1) is 17.0. The van der Waals surface area contributed by atoms with E-state index in [1.165, 1.54) is 31.2 Å². The molecule has 0 spiro atoms. The molecule has 0 radical (unpaired) electrons. The molecule has 0 saturated heterocycles. The highest BCUT2D eigenvalue weighted by Gasteiger charge is 2.29. The Hall–Kier alpha value is -3.77.